The Morgan fingerprint density at radius 2 is 1.97 bits per heavy atom. The fourth-order valence-electron chi connectivity index (χ4n) is 2.49. The zero-order valence-electron chi connectivity index (χ0n) is 15.3. The number of nitrogens with one attached hydrogen (secondary N) is 3. The molecule has 1 saturated carbocycles. The average Bonchev–Trinajstić information content (AvgIpc) is 3.18. The molecule has 4 rings (SSSR count). The summed E-state index contributed by atoms with van der Waals surface area (Å²) in [6.07, 6.45) is 2.23. The summed E-state index contributed by atoms with van der Waals surface area (Å²) in [5, 5.41) is 11.7. The standard InChI is InChI=1S/C18H19N5O4S2/c24-16(7-8-17-21-22-18(27-17)12-9-10-28-11-12)20-19-13-3-5-15(6-4-13)29(25,26)23-14-1-2-14/h3-6,9-11,14,19,23H,1-2,7-8H2,(H,20,24). The molecule has 1 fully saturated rings. The second-order valence-electron chi connectivity index (χ2n) is 6.61. The monoisotopic (exact) mass is 433 g/mol. The van der Waals surface area contributed by atoms with Gasteiger partial charge in [-0.05, 0) is 48.6 Å². The van der Waals surface area contributed by atoms with Crippen LogP contribution in [0.25, 0.3) is 11.5 Å². The topological polar surface area (TPSA) is 126 Å². The quantitative estimate of drug-likeness (QED) is 0.442. The van der Waals surface area contributed by atoms with Gasteiger partial charge in [0.25, 0.3) is 0 Å². The molecule has 152 valence electrons. The normalized spacial score (nSPS) is 13.9. The van der Waals surface area contributed by atoms with Crippen molar-refractivity contribution in [2.24, 2.45) is 0 Å². The van der Waals surface area contributed by atoms with Gasteiger partial charge in [0.05, 0.1) is 10.6 Å². The predicted molar refractivity (Wildman–Crippen MR) is 107 cm³/mol. The summed E-state index contributed by atoms with van der Waals surface area (Å²) in [5.41, 5.74) is 6.75. The van der Waals surface area contributed by atoms with Crippen molar-refractivity contribution in [3.63, 3.8) is 0 Å². The highest BCUT2D eigenvalue weighted by Crippen LogP contribution is 2.23. The van der Waals surface area contributed by atoms with Gasteiger partial charge in [-0.15, -0.1) is 10.2 Å². The maximum atomic E-state index is 12.1. The molecule has 0 radical (unpaired) electrons. The predicted octanol–water partition coefficient (Wildman–Crippen LogP) is 2.31. The first-order chi connectivity index (χ1) is 14.0. The van der Waals surface area contributed by atoms with E-state index in [2.05, 4.69) is 25.8 Å². The van der Waals surface area contributed by atoms with Crippen LogP contribution in [0.2, 0.25) is 0 Å². The van der Waals surface area contributed by atoms with E-state index >= 15 is 0 Å². The number of carbonyl (C=O) groups excluding carboxylic acids is 1. The Hall–Kier alpha value is -2.76. The zero-order valence-corrected chi connectivity index (χ0v) is 16.9. The molecular weight excluding hydrogens is 414 g/mol. The molecule has 1 amide bonds. The van der Waals surface area contributed by atoms with Crippen molar-refractivity contribution in [3.8, 4) is 11.5 Å². The van der Waals surface area contributed by atoms with E-state index in [1.807, 2.05) is 16.8 Å². The summed E-state index contributed by atoms with van der Waals surface area (Å²) in [6, 6.07) is 8.10. The van der Waals surface area contributed by atoms with E-state index < -0.39 is 10.0 Å². The molecule has 0 unspecified atom stereocenters. The van der Waals surface area contributed by atoms with Gasteiger partial charge in [-0.2, -0.15) is 11.3 Å². The number of sulfonamides is 1. The SMILES string of the molecule is O=C(CCc1nnc(-c2ccsc2)o1)NNc1ccc(S(=O)(=O)NC2CC2)cc1. The van der Waals surface area contributed by atoms with Gasteiger partial charge in [-0.1, -0.05) is 0 Å². The number of thiophene rings is 1. The first kappa shape index (κ1) is 19.6. The largest absolute Gasteiger partial charge is 0.421 e. The molecule has 0 atom stereocenters. The smallest absolute Gasteiger partial charge is 0.248 e. The van der Waals surface area contributed by atoms with E-state index in [4.69, 9.17) is 4.42 Å². The summed E-state index contributed by atoms with van der Waals surface area (Å²) in [4.78, 5) is 12.2. The van der Waals surface area contributed by atoms with Gasteiger partial charge < -0.3 is 4.42 Å². The van der Waals surface area contributed by atoms with Crippen LogP contribution < -0.4 is 15.6 Å². The number of benzene rings is 1. The van der Waals surface area contributed by atoms with E-state index in [0.717, 1.165) is 18.4 Å². The van der Waals surface area contributed by atoms with Crippen molar-refractivity contribution >= 4 is 33.0 Å². The van der Waals surface area contributed by atoms with Crippen molar-refractivity contribution in [1.29, 1.82) is 0 Å². The van der Waals surface area contributed by atoms with Crippen molar-refractivity contribution in [2.75, 3.05) is 5.43 Å². The molecule has 1 aliphatic carbocycles. The molecule has 11 heteroatoms. The number of aryl methyl sites for hydroxylation is 1. The summed E-state index contributed by atoms with van der Waals surface area (Å²) in [7, 11) is -3.49. The molecule has 2 aromatic heterocycles. The minimum atomic E-state index is -3.49. The van der Waals surface area contributed by atoms with Crippen molar-refractivity contribution in [2.45, 2.75) is 36.6 Å². The lowest BCUT2D eigenvalue weighted by Crippen LogP contribution is -2.29. The minimum absolute atomic E-state index is 0.0530. The fraction of sp³-hybridized carbons (Fsp3) is 0.278. The molecule has 0 aliphatic heterocycles. The number of hydrogen-bond donors (Lipinski definition) is 3. The highest BCUT2D eigenvalue weighted by Gasteiger charge is 2.27. The third-order valence-corrected chi connectivity index (χ3v) is 6.43. The molecule has 1 aromatic carbocycles. The van der Waals surface area contributed by atoms with Crippen LogP contribution in [-0.4, -0.2) is 30.6 Å². The molecule has 1 aliphatic rings. The summed E-state index contributed by atoms with van der Waals surface area (Å²) in [5.74, 6) is 0.567. The Bertz CT molecular complexity index is 1070. The van der Waals surface area contributed by atoms with E-state index in [-0.39, 0.29) is 23.3 Å². The highest BCUT2D eigenvalue weighted by molar-refractivity contribution is 7.89. The van der Waals surface area contributed by atoms with E-state index in [1.54, 1.807) is 12.1 Å². The van der Waals surface area contributed by atoms with Crippen LogP contribution in [0.15, 0.2) is 50.4 Å². The Labute approximate surface area is 171 Å². The van der Waals surface area contributed by atoms with Crippen LogP contribution in [0, 0.1) is 0 Å². The first-order valence-electron chi connectivity index (χ1n) is 9.02. The molecule has 0 bridgehead atoms. The number of anilines is 1. The Morgan fingerprint density at radius 3 is 2.66 bits per heavy atom. The van der Waals surface area contributed by atoms with Gasteiger partial charge in [0.15, 0.2) is 0 Å². The number of hydrazine groups is 1. The first-order valence-corrected chi connectivity index (χ1v) is 11.4. The lowest BCUT2D eigenvalue weighted by atomic mass is 10.3. The maximum Gasteiger partial charge on any atom is 0.248 e. The van der Waals surface area contributed by atoms with Gasteiger partial charge in [-0.3, -0.25) is 15.6 Å². The summed E-state index contributed by atoms with van der Waals surface area (Å²) in [6.45, 7) is 0. The number of hydrogen-bond acceptors (Lipinski definition) is 8. The molecule has 3 aromatic rings. The lowest BCUT2D eigenvalue weighted by Gasteiger charge is -2.09. The molecule has 0 spiro atoms. The van der Waals surface area contributed by atoms with Crippen LogP contribution in [0.4, 0.5) is 5.69 Å². The molecule has 0 saturated heterocycles. The molecule has 2 heterocycles. The molecule has 3 N–H and O–H groups in total. The van der Waals surface area contributed by atoms with Gasteiger partial charge in [0, 0.05) is 29.8 Å². The molecule has 9 nitrogen and oxygen atoms in total. The Morgan fingerprint density at radius 1 is 1.17 bits per heavy atom. The third-order valence-electron chi connectivity index (χ3n) is 4.21. The van der Waals surface area contributed by atoms with Crippen LogP contribution in [0.5, 0.6) is 0 Å². The third kappa shape index (κ3) is 5.19. The van der Waals surface area contributed by atoms with Crippen LogP contribution in [0.3, 0.4) is 0 Å². The van der Waals surface area contributed by atoms with Crippen LogP contribution >= 0.6 is 11.3 Å². The van der Waals surface area contributed by atoms with Gasteiger partial charge in [0.1, 0.15) is 0 Å². The Balaban J connectivity index is 1.24. The van der Waals surface area contributed by atoms with E-state index in [1.165, 1.54) is 23.5 Å². The second-order valence-corrected chi connectivity index (χ2v) is 9.10. The summed E-state index contributed by atoms with van der Waals surface area (Å²) >= 11 is 1.54. The second kappa shape index (κ2) is 8.31. The van der Waals surface area contributed by atoms with E-state index in [0.29, 0.717) is 23.9 Å². The fourth-order valence-corrected chi connectivity index (χ4v) is 4.42. The number of rotatable bonds is 9. The minimum Gasteiger partial charge on any atom is -0.421 e. The molecular formula is C18H19N5O4S2. The van der Waals surface area contributed by atoms with Gasteiger partial charge >= 0.3 is 0 Å². The van der Waals surface area contributed by atoms with Crippen molar-refractivity contribution in [3.05, 3.63) is 47.0 Å². The lowest BCUT2D eigenvalue weighted by molar-refractivity contribution is -0.120. The Kier molecular flexibility index (Phi) is 5.60. The summed E-state index contributed by atoms with van der Waals surface area (Å²) < 4.78 is 32.4. The number of carbonyl (C=O) groups is 1. The van der Waals surface area contributed by atoms with Crippen LogP contribution in [-0.2, 0) is 21.2 Å². The van der Waals surface area contributed by atoms with Crippen molar-refractivity contribution < 1.29 is 17.6 Å². The van der Waals surface area contributed by atoms with E-state index in [9.17, 15) is 13.2 Å². The molecule has 29 heavy (non-hydrogen) atoms. The van der Waals surface area contributed by atoms with Gasteiger partial charge in [-0.25, -0.2) is 13.1 Å². The van der Waals surface area contributed by atoms with Crippen LogP contribution in [0.1, 0.15) is 25.2 Å². The maximum absolute atomic E-state index is 12.1. The zero-order chi connectivity index (χ0) is 20.3. The van der Waals surface area contributed by atoms with Crippen molar-refractivity contribution in [1.82, 2.24) is 20.3 Å². The highest BCUT2D eigenvalue weighted by atomic mass is 32.2. The number of aromatic nitrogens is 2. The van der Waals surface area contributed by atoms with Gasteiger partial charge in [0.2, 0.25) is 27.7 Å². The average molecular weight is 434 g/mol. The number of amides is 1. The number of nitrogens with zero attached hydrogens (tertiary/aromatic N) is 2.